The van der Waals surface area contributed by atoms with Gasteiger partial charge in [-0.25, -0.2) is 0 Å². The number of hydrogen-bond donors (Lipinski definition) is 0. The molecule has 122 valence electrons. The zero-order valence-electron chi connectivity index (χ0n) is 13.3. The highest BCUT2D eigenvalue weighted by atomic mass is 16.5. The molecule has 0 radical (unpaired) electrons. The van der Waals surface area contributed by atoms with Crippen LogP contribution in [0.4, 0.5) is 0 Å². The van der Waals surface area contributed by atoms with Crippen molar-refractivity contribution in [3.63, 3.8) is 0 Å². The van der Waals surface area contributed by atoms with E-state index in [1.54, 1.807) is 18.2 Å². The van der Waals surface area contributed by atoms with Crippen molar-refractivity contribution in [1.29, 1.82) is 0 Å². The molecule has 0 atom stereocenters. The van der Waals surface area contributed by atoms with Crippen LogP contribution in [0.3, 0.4) is 0 Å². The molecule has 6 heteroatoms. The van der Waals surface area contributed by atoms with Crippen molar-refractivity contribution < 1.29 is 28.8 Å². The lowest BCUT2D eigenvalue weighted by Crippen LogP contribution is -2.22. The summed E-state index contributed by atoms with van der Waals surface area (Å²) in [4.78, 5) is 11.2. The Kier molecular flexibility index (Phi) is 4.95. The predicted octanol–water partition coefficient (Wildman–Crippen LogP) is 1.75. The lowest BCUT2D eigenvalue weighted by atomic mass is 9.99. The summed E-state index contributed by atoms with van der Waals surface area (Å²) in [5.41, 5.74) is 1.11. The van der Waals surface area contributed by atoms with E-state index < -0.39 is 5.97 Å². The zero-order chi connectivity index (χ0) is 17.0. The number of benzene rings is 2. The molecule has 0 fully saturated rings. The zero-order valence-corrected chi connectivity index (χ0v) is 13.3. The third-order valence-electron chi connectivity index (χ3n) is 3.42. The molecule has 0 aliphatic rings. The largest absolute Gasteiger partial charge is 0.545 e. The van der Waals surface area contributed by atoms with Crippen LogP contribution in [0.1, 0.15) is 10.4 Å². The summed E-state index contributed by atoms with van der Waals surface area (Å²) in [7, 11) is 6.05. The maximum atomic E-state index is 11.2. The molecule has 2 rings (SSSR count). The number of carbonyl (C=O) groups excluding carboxylic acids is 1. The van der Waals surface area contributed by atoms with Crippen molar-refractivity contribution in [2.45, 2.75) is 0 Å². The van der Waals surface area contributed by atoms with E-state index in [2.05, 4.69) is 0 Å². The predicted molar refractivity (Wildman–Crippen MR) is 82.4 cm³/mol. The third-order valence-corrected chi connectivity index (χ3v) is 3.42. The van der Waals surface area contributed by atoms with Crippen LogP contribution in [-0.4, -0.2) is 34.4 Å². The average molecular weight is 317 g/mol. The second kappa shape index (κ2) is 6.91. The fourth-order valence-electron chi connectivity index (χ4n) is 2.30. The Morgan fingerprint density at radius 3 is 1.83 bits per heavy atom. The Hall–Kier alpha value is -2.89. The first-order valence-corrected chi connectivity index (χ1v) is 6.75. The topological polar surface area (TPSA) is 77.1 Å². The van der Waals surface area contributed by atoms with Crippen LogP contribution in [0, 0.1) is 0 Å². The van der Waals surface area contributed by atoms with E-state index in [4.69, 9.17) is 18.9 Å². The van der Waals surface area contributed by atoms with E-state index in [1.165, 1.54) is 40.6 Å². The van der Waals surface area contributed by atoms with E-state index in [0.29, 0.717) is 34.1 Å². The quantitative estimate of drug-likeness (QED) is 0.808. The smallest absolute Gasteiger partial charge is 0.134 e. The van der Waals surface area contributed by atoms with Gasteiger partial charge in [-0.1, -0.05) is 0 Å². The Bertz CT molecular complexity index is 698. The first-order chi connectivity index (χ1) is 11.0. The highest BCUT2D eigenvalue weighted by Crippen LogP contribution is 2.45. The van der Waals surface area contributed by atoms with Crippen molar-refractivity contribution in [3.8, 4) is 34.1 Å². The molecule has 0 heterocycles. The Labute approximate surface area is 134 Å². The maximum Gasteiger partial charge on any atom is 0.134 e. The minimum atomic E-state index is -1.28. The van der Waals surface area contributed by atoms with E-state index in [-0.39, 0.29) is 5.56 Å². The molecule has 2 aromatic carbocycles. The summed E-state index contributed by atoms with van der Waals surface area (Å²) in [6, 6.07) is 7.80. The minimum Gasteiger partial charge on any atom is -0.545 e. The number of carboxylic acids is 1. The third kappa shape index (κ3) is 3.15. The van der Waals surface area contributed by atoms with Crippen LogP contribution in [0.2, 0.25) is 0 Å². The van der Waals surface area contributed by atoms with Gasteiger partial charge in [0.05, 0.1) is 40.0 Å². The molecule has 6 nitrogen and oxygen atoms in total. The summed E-state index contributed by atoms with van der Waals surface area (Å²) in [5.74, 6) is 0.694. The van der Waals surface area contributed by atoms with Crippen molar-refractivity contribution in [1.82, 2.24) is 0 Å². The molecule has 0 spiro atoms. The maximum absolute atomic E-state index is 11.2. The highest BCUT2D eigenvalue weighted by molar-refractivity contribution is 5.91. The van der Waals surface area contributed by atoms with Gasteiger partial charge in [-0.05, 0) is 23.8 Å². The van der Waals surface area contributed by atoms with Gasteiger partial charge in [0.1, 0.15) is 23.0 Å². The van der Waals surface area contributed by atoms with E-state index >= 15 is 0 Å². The number of hydrogen-bond acceptors (Lipinski definition) is 6. The molecule has 0 N–H and O–H groups in total. The molecule has 0 aliphatic carbocycles. The molecular weight excluding hydrogens is 300 g/mol. The van der Waals surface area contributed by atoms with Crippen LogP contribution in [0.25, 0.3) is 11.1 Å². The average Bonchev–Trinajstić information content (AvgIpc) is 2.59. The summed E-state index contributed by atoms with van der Waals surface area (Å²) in [6.07, 6.45) is 0. The van der Waals surface area contributed by atoms with Gasteiger partial charge in [-0.15, -0.1) is 0 Å². The number of ether oxygens (including phenoxy) is 4. The lowest BCUT2D eigenvalue weighted by molar-refractivity contribution is -0.255. The molecule has 0 bridgehead atoms. The minimum absolute atomic E-state index is 0.0284. The Morgan fingerprint density at radius 2 is 1.39 bits per heavy atom. The molecule has 0 aliphatic heterocycles. The van der Waals surface area contributed by atoms with Crippen LogP contribution in [0.15, 0.2) is 30.3 Å². The van der Waals surface area contributed by atoms with Gasteiger partial charge >= 0.3 is 0 Å². The summed E-state index contributed by atoms with van der Waals surface area (Å²) in [5, 5.41) is 11.2. The molecule has 0 saturated carbocycles. The molecule has 0 saturated heterocycles. The van der Waals surface area contributed by atoms with Crippen LogP contribution in [-0.2, 0) is 0 Å². The first kappa shape index (κ1) is 16.5. The van der Waals surface area contributed by atoms with Gasteiger partial charge in [-0.3, -0.25) is 0 Å². The first-order valence-electron chi connectivity index (χ1n) is 6.75. The van der Waals surface area contributed by atoms with Gasteiger partial charge in [-0.2, -0.15) is 0 Å². The normalized spacial score (nSPS) is 10.1. The number of carbonyl (C=O) groups is 1. The summed E-state index contributed by atoms with van der Waals surface area (Å²) in [6.45, 7) is 0. The Morgan fingerprint density at radius 1 is 0.826 bits per heavy atom. The number of rotatable bonds is 6. The molecule has 0 aromatic heterocycles. The van der Waals surface area contributed by atoms with Gasteiger partial charge in [0.25, 0.3) is 0 Å². The molecule has 0 amide bonds. The SMILES string of the molecule is COc1cc(OC)c(-c2cc(C(=O)[O-])ccc2OC)c(OC)c1. The molecular formula is C17H17O6-. The summed E-state index contributed by atoms with van der Waals surface area (Å²) >= 11 is 0. The van der Waals surface area contributed by atoms with Crippen molar-refractivity contribution in [2.75, 3.05) is 28.4 Å². The van der Waals surface area contributed by atoms with Gasteiger partial charge in [0.15, 0.2) is 0 Å². The van der Waals surface area contributed by atoms with E-state index in [0.717, 1.165) is 0 Å². The van der Waals surface area contributed by atoms with E-state index in [1.807, 2.05) is 0 Å². The Balaban J connectivity index is 2.78. The van der Waals surface area contributed by atoms with Crippen molar-refractivity contribution in [2.24, 2.45) is 0 Å². The van der Waals surface area contributed by atoms with Crippen molar-refractivity contribution >= 4 is 5.97 Å². The fourth-order valence-corrected chi connectivity index (χ4v) is 2.30. The number of carboxylic acid groups (broad SMARTS) is 1. The van der Waals surface area contributed by atoms with E-state index in [9.17, 15) is 9.90 Å². The molecule has 2 aromatic rings. The molecule has 23 heavy (non-hydrogen) atoms. The van der Waals surface area contributed by atoms with Gasteiger partial charge < -0.3 is 28.8 Å². The van der Waals surface area contributed by atoms with Crippen LogP contribution in [0.5, 0.6) is 23.0 Å². The van der Waals surface area contributed by atoms with Crippen molar-refractivity contribution in [3.05, 3.63) is 35.9 Å². The standard InChI is InChI=1S/C17H18O6/c1-20-11-8-14(22-3)16(15(9-11)23-4)12-7-10(17(18)19)5-6-13(12)21-2/h5-9H,1-4H3,(H,18,19)/p-1. The second-order valence-corrected chi connectivity index (χ2v) is 4.61. The van der Waals surface area contributed by atoms with Crippen LogP contribution < -0.4 is 24.1 Å². The number of aromatic carboxylic acids is 1. The molecule has 0 unspecified atom stereocenters. The summed E-state index contributed by atoms with van der Waals surface area (Å²) < 4.78 is 21.4. The monoisotopic (exact) mass is 317 g/mol. The lowest BCUT2D eigenvalue weighted by Gasteiger charge is -2.18. The fraction of sp³-hybridized carbons (Fsp3) is 0.235. The van der Waals surface area contributed by atoms with Gasteiger partial charge in [0, 0.05) is 17.7 Å². The van der Waals surface area contributed by atoms with Gasteiger partial charge in [0.2, 0.25) is 0 Å². The van der Waals surface area contributed by atoms with Crippen LogP contribution >= 0.6 is 0 Å². The number of methoxy groups -OCH3 is 4. The highest BCUT2D eigenvalue weighted by Gasteiger charge is 2.19. The second-order valence-electron chi connectivity index (χ2n) is 4.61.